The van der Waals surface area contributed by atoms with Gasteiger partial charge in [-0.25, -0.2) is 0 Å². The Labute approximate surface area is 158 Å². The smallest absolute Gasteiger partial charge is 0.298 e. The molecule has 3 rings (SSSR count). The molecule has 0 heterocycles. The summed E-state index contributed by atoms with van der Waals surface area (Å²) in [5.41, 5.74) is -0.0859. The van der Waals surface area contributed by atoms with Crippen molar-refractivity contribution >= 4 is 42.4 Å². The molecule has 0 saturated heterocycles. The van der Waals surface area contributed by atoms with Crippen LogP contribution in [-0.4, -0.2) is 36.2 Å². The Balaban J connectivity index is 2.38. The van der Waals surface area contributed by atoms with Crippen molar-refractivity contribution in [3.05, 3.63) is 48.5 Å². The third-order valence-electron chi connectivity index (χ3n) is 3.71. The lowest BCUT2D eigenvalue weighted by atomic mass is 10.1. The molecule has 0 saturated carbocycles. The van der Waals surface area contributed by atoms with Crippen LogP contribution in [0.2, 0.25) is 0 Å². The molecule has 3 aromatic carbocycles. The molecule has 0 fully saturated rings. The average Bonchev–Trinajstić information content (AvgIpc) is 2.59. The Morgan fingerprint density at radius 3 is 1.89 bits per heavy atom. The summed E-state index contributed by atoms with van der Waals surface area (Å²) < 4.78 is 64.4. The summed E-state index contributed by atoms with van der Waals surface area (Å²) in [6.07, 6.45) is 0. The monoisotopic (exact) mass is 424 g/mol. The fraction of sp³-hybridized carbons (Fsp3) is 0. The number of azo groups is 1. The van der Waals surface area contributed by atoms with Crippen LogP contribution in [0.4, 0.5) is 11.4 Å². The van der Waals surface area contributed by atoms with E-state index in [1.165, 1.54) is 0 Å². The van der Waals surface area contributed by atoms with Gasteiger partial charge in [-0.05, 0) is 35.7 Å². The van der Waals surface area contributed by atoms with Crippen LogP contribution in [0.5, 0.6) is 11.5 Å². The van der Waals surface area contributed by atoms with E-state index in [0.717, 1.165) is 18.2 Å². The zero-order valence-electron chi connectivity index (χ0n) is 13.8. The van der Waals surface area contributed by atoms with Gasteiger partial charge in [0.05, 0.1) is 5.69 Å². The van der Waals surface area contributed by atoms with Gasteiger partial charge >= 0.3 is 0 Å². The maximum absolute atomic E-state index is 11.6. The van der Waals surface area contributed by atoms with Crippen LogP contribution < -0.4 is 0 Å². The van der Waals surface area contributed by atoms with Gasteiger partial charge in [-0.15, -0.1) is 5.11 Å². The quantitative estimate of drug-likeness (QED) is 0.365. The number of phenolic OH excluding ortho intramolecular Hbond substituents is 2. The van der Waals surface area contributed by atoms with E-state index in [1.807, 2.05) is 0 Å². The Morgan fingerprint density at radius 2 is 1.32 bits per heavy atom. The number of rotatable bonds is 4. The fourth-order valence-corrected chi connectivity index (χ4v) is 3.69. The summed E-state index contributed by atoms with van der Waals surface area (Å²) in [4.78, 5) is -1.84. The number of benzene rings is 3. The second kappa shape index (κ2) is 6.83. The minimum absolute atomic E-state index is 0.0746. The molecule has 0 aliphatic carbocycles. The molecule has 0 spiro atoms. The lowest BCUT2D eigenvalue weighted by molar-refractivity contribution is 0.444. The first-order valence-electron chi connectivity index (χ1n) is 7.43. The van der Waals surface area contributed by atoms with Crippen LogP contribution in [0.1, 0.15) is 0 Å². The van der Waals surface area contributed by atoms with Crippen LogP contribution in [-0.2, 0) is 20.2 Å². The highest BCUT2D eigenvalue weighted by Gasteiger charge is 2.24. The van der Waals surface area contributed by atoms with E-state index in [1.54, 1.807) is 30.3 Å². The molecule has 28 heavy (non-hydrogen) atoms. The topological polar surface area (TPSA) is 174 Å². The minimum atomic E-state index is -4.91. The van der Waals surface area contributed by atoms with E-state index < -0.39 is 47.2 Å². The molecule has 3 aromatic rings. The number of aromatic hydroxyl groups is 2. The molecular weight excluding hydrogens is 412 g/mol. The first-order chi connectivity index (χ1) is 13.0. The zero-order chi connectivity index (χ0) is 20.7. The van der Waals surface area contributed by atoms with Gasteiger partial charge in [-0.3, -0.25) is 9.11 Å². The number of fused-ring (bicyclic) bond motifs is 1. The molecule has 12 heteroatoms. The van der Waals surface area contributed by atoms with Gasteiger partial charge in [0.1, 0.15) is 21.2 Å². The van der Waals surface area contributed by atoms with Crippen molar-refractivity contribution in [1.82, 2.24) is 0 Å². The van der Waals surface area contributed by atoms with Crippen molar-refractivity contribution in [3.8, 4) is 11.5 Å². The second-order valence-electron chi connectivity index (χ2n) is 5.60. The third-order valence-corrected chi connectivity index (χ3v) is 5.46. The highest BCUT2D eigenvalue weighted by atomic mass is 32.2. The molecule has 0 aromatic heterocycles. The number of phenols is 2. The highest BCUT2D eigenvalue weighted by Crippen LogP contribution is 2.43. The molecule has 0 aliphatic rings. The maximum atomic E-state index is 11.6. The minimum Gasteiger partial charge on any atom is -0.506 e. The van der Waals surface area contributed by atoms with E-state index in [0.29, 0.717) is 5.69 Å². The van der Waals surface area contributed by atoms with Crippen LogP contribution in [0.3, 0.4) is 0 Å². The molecule has 4 N–H and O–H groups in total. The van der Waals surface area contributed by atoms with Crippen molar-refractivity contribution < 1.29 is 36.2 Å². The van der Waals surface area contributed by atoms with E-state index >= 15 is 0 Å². The van der Waals surface area contributed by atoms with Crippen molar-refractivity contribution in [2.75, 3.05) is 0 Å². The molecule has 10 nitrogen and oxygen atoms in total. The van der Waals surface area contributed by atoms with Gasteiger partial charge in [-0.1, -0.05) is 18.2 Å². The summed E-state index contributed by atoms with van der Waals surface area (Å²) in [7, 11) is -9.74. The lowest BCUT2D eigenvalue weighted by Gasteiger charge is -2.10. The van der Waals surface area contributed by atoms with Gasteiger partial charge in [0.15, 0.2) is 5.75 Å². The Morgan fingerprint density at radius 1 is 0.750 bits per heavy atom. The first kappa shape index (κ1) is 19.7. The zero-order valence-corrected chi connectivity index (χ0v) is 15.4. The molecular formula is C16H12N2O8S2. The largest absolute Gasteiger partial charge is 0.506 e. The van der Waals surface area contributed by atoms with Crippen molar-refractivity contribution in [2.45, 2.75) is 9.79 Å². The summed E-state index contributed by atoms with van der Waals surface area (Å²) in [6, 6.07) is 10.6. The number of hydrogen-bond acceptors (Lipinski definition) is 8. The van der Waals surface area contributed by atoms with Gasteiger partial charge in [0.2, 0.25) is 0 Å². The highest BCUT2D eigenvalue weighted by molar-refractivity contribution is 7.86. The van der Waals surface area contributed by atoms with Crippen molar-refractivity contribution in [1.29, 1.82) is 0 Å². The van der Waals surface area contributed by atoms with E-state index in [2.05, 4.69) is 10.2 Å². The normalized spacial score (nSPS) is 12.6. The Hall–Kier alpha value is -3.06. The number of hydrogen-bond donors (Lipinski definition) is 4. The molecule has 0 amide bonds. The SMILES string of the molecule is O=S(=O)(O)c1cc2cc(S(=O)(=O)O)c(O)c(N=Nc3ccccc3)c2cc1O. The third kappa shape index (κ3) is 3.80. The maximum Gasteiger partial charge on any atom is 0.298 e. The molecule has 0 atom stereocenters. The fourth-order valence-electron chi connectivity index (χ4n) is 2.47. The summed E-state index contributed by atoms with van der Waals surface area (Å²) in [5.74, 6) is -1.81. The van der Waals surface area contributed by atoms with Crippen molar-refractivity contribution in [2.24, 2.45) is 10.2 Å². The van der Waals surface area contributed by atoms with Gasteiger partial charge in [0, 0.05) is 5.39 Å². The Kier molecular flexibility index (Phi) is 4.81. The molecule has 0 bridgehead atoms. The predicted molar refractivity (Wildman–Crippen MR) is 97.5 cm³/mol. The van der Waals surface area contributed by atoms with Crippen LogP contribution in [0.25, 0.3) is 10.8 Å². The van der Waals surface area contributed by atoms with Crippen LogP contribution in [0, 0.1) is 0 Å². The van der Waals surface area contributed by atoms with Crippen LogP contribution in [0.15, 0.2) is 68.6 Å². The molecule has 146 valence electrons. The summed E-state index contributed by atoms with van der Waals surface area (Å²) in [6.45, 7) is 0. The predicted octanol–water partition coefficient (Wildman–Crippen LogP) is 3.16. The summed E-state index contributed by atoms with van der Waals surface area (Å²) >= 11 is 0. The molecule has 0 radical (unpaired) electrons. The number of nitrogens with zero attached hydrogens (tertiary/aromatic N) is 2. The average molecular weight is 424 g/mol. The molecule has 0 aliphatic heterocycles. The lowest BCUT2D eigenvalue weighted by Crippen LogP contribution is -2.01. The van der Waals surface area contributed by atoms with Crippen LogP contribution >= 0.6 is 0 Å². The standard InChI is InChI=1S/C16H12N2O8S2/c19-12-8-11-9(6-13(12)27(21,22)23)7-14(28(24,25)26)16(20)15(11)18-17-10-4-2-1-3-5-10/h1-8,19-20H,(H,21,22,23)(H,24,25,26). The van der Waals surface area contributed by atoms with Gasteiger partial charge in [-0.2, -0.15) is 21.9 Å². The first-order valence-corrected chi connectivity index (χ1v) is 10.3. The van der Waals surface area contributed by atoms with Gasteiger partial charge in [0.25, 0.3) is 20.2 Å². The van der Waals surface area contributed by atoms with Crippen molar-refractivity contribution in [3.63, 3.8) is 0 Å². The van der Waals surface area contributed by atoms with E-state index in [9.17, 15) is 36.2 Å². The van der Waals surface area contributed by atoms with E-state index in [-0.39, 0.29) is 10.8 Å². The van der Waals surface area contributed by atoms with Gasteiger partial charge < -0.3 is 10.2 Å². The van der Waals surface area contributed by atoms with E-state index in [4.69, 9.17) is 0 Å². The molecule has 0 unspecified atom stereocenters. The second-order valence-corrected chi connectivity index (χ2v) is 8.38. The Bertz CT molecular complexity index is 1310. The summed E-state index contributed by atoms with van der Waals surface area (Å²) in [5, 5.41) is 27.6.